The van der Waals surface area contributed by atoms with Crippen LogP contribution in [0.4, 0.5) is 0 Å². The molecule has 0 aliphatic heterocycles. The summed E-state index contributed by atoms with van der Waals surface area (Å²) < 4.78 is 5.29. The molecule has 3 aromatic rings. The number of esters is 1. The van der Waals surface area contributed by atoms with Crippen molar-refractivity contribution in [2.45, 2.75) is 13.5 Å². The molecule has 0 unspecified atom stereocenters. The average Bonchev–Trinajstić information content (AvgIpc) is 3.04. The van der Waals surface area contributed by atoms with Crippen LogP contribution in [0, 0.1) is 6.92 Å². The molecule has 2 aromatic carbocycles. The van der Waals surface area contributed by atoms with Crippen LogP contribution in [0.25, 0.3) is 10.6 Å². The van der Waals surface area contributed by atoms with Gasteiger partial charge in [0.1, 0.15) is 11.6 Å². The summed E-state index contributed by atoms with van der Waals surface area (Å²) >= 11 is 1.45. The molecule has 3 nitrogen and oxygen atoms in total. The molecule has 0 bridgehead atoms. The molecule has 0 N–H and O–H groups in total. The van der Waals surface area contributed by atoms with E-state index in [2.05, 4.69) is 4.98 Å². The number of rotatable bonds is 4. The van der Waals surface area contributed by atoms with Gasteiger partial charge in [0, 0.05) is 10.9 Å². The molecular weight excluding hydrogens is 294 g/mol. The third-order valence-electron chi connectivity index (χ3n) is 3.22. The lowest BCUT2D eigenvalue weighted by atomic mass is 10.2. The van der Waals surface area contributed by atoms with Crippen LogP contribution in [0.2, 0.25) is 0 Å². The summed E-state index contributed by atoms with van der Waals surface area (Å²) in [7, 11) is 0. The van der Waals surface area contributed by atoms with Crippen molar-refractivity contribution in [1.82, 2.24) is 4.98 Å². The quantitative estimate of drug-likeness (QED) is 0.667. The molecule has 0 spiro atoms. The highest BCUT2D eigenvalue weighted by Crippen LogP contribution is 2.24. The Morgan fingerprint density at radius 2 is 1.82 bits per heavy atom. The summed E-state index contributed by atoms with van der Waals surface area (Å²) in [5.74, 6) is -0.390. The van der Waals surface area contributed by atoms with Crippen LogP contribution in [-0.2, 0) is 11.3 Å². The summed E-state index contributed by atoms with van der Waals surface area (Å²) in [5, 5.41) is 2.56. The molecule has 0 saturated heterocycles. The van der Waals surface area contributed by atoms with E-state index in [1.165, 1.54) is 16.9 Å². The summed E-state index contributed by atoms with van der Waals surface area (Å²) in [6.07, 6.45) is 0. The Balaban J connectivity index is 1.68. The van der Waals surface area contributed by atoms with Crippen molar-refractivity contribution in [3.8, 4) is 10.6 Å². The fraction of sp³-hybridized carbons (Fsp3) is 0.111. The third-order valence-corrected chi connectivity index (χ3v) is 4.12. The zero-order chi connectivity index (χ0) is 15.4. The number of carbonyl (C=O) groups is 1. The number of thiazole rings is 1. The first-order valence-corrected chi connectivity index (χ1v) is 7.84. The van der Waals surface area contributed by atoms with E-state index in [1.807, 2.05) is 61.5 Å². The molecule has 22 heavy (non-hydrogen) atoms. The Hall–Kier alpha value is -2.46. The van der Waals surface area contributed by atoms with Gasteiger partial charge >= 0.3 is 5.97 Å². The second-order valence-corrected chi connectivity index (χ2v) is 5.82. The maximum absolute atomic E-state index is 12.0. The average molecular weight is 309 g/mol. The van der Waals surface area contributed by atoms with Crippen molar-refractivity contribution in [3.63, 3.8) is 0 Å². The van der Waals surface area contributed by atoms with Crippen LogP contribution in [0.1, 0.15) is 21.6 Å². The van der Waals surface area contributed by atoms with Crippen LogP contribution >= 0.6 is 11.3 Å². The van der Waals surface area contributed by atoms with Crippen molar-refractivity contribution in [2.75, 3.05) is 0 Å². The van der Waals surface area contributed by atoms with E-state index in [0.29, 0.717) is 5.69 Å². The lowest BCUT2D eigenvalue weighted by Gasteiger charge is -2.02. The molecule has 0 aliphatic carbocycles. The topological polar surface area (TPSA) is 39.2 Å². The molecule has 4 heteroatoms. The minimum Gasteiger partial charge on any atom is -0.456 e. The molecule has 1 aromatic heterocycles. The second kappa shape index (κ2) is 6.54. The molecular formula is C18H15NO2S. The third kappa shape index (κ3) is 3.40. The van der Waals surface area contributed by atoms with Gasteiger partial charge in [-0.3, -0.25) is 0 Å². The Bertz CT molecular complexity index is 763. The highest BCUT2D eigenvalue weighted by molar-refractivity contribution is 7.13. The van der Waals surface area contributed by atoms with E-state index in [9.17, 15) is 4.79 Å². The van der Waals surface area contributed by atoms with Crippen LogP contribution in [0.5, 0.6) is 0 Å². The van der Waals surface area contributed by atoms with Crippen LogP contribution in [0.3, 0.4) is 0 Å². The van der Waals surface area contributed by atoms with Gasteiger partial charge in [-0.25, -0.2) is 9.78 Å². The predicted molar refractivity (Wildman–Crippen MR) is 87.8 cm³/mol. The zero-order valence-electron chi connectivity index (χ0n) is 12.2. The number of benzene rings is 2. The van der Waals surface area contributed by atoms with Gasteiger partial charge in [0.25, 0.3) is 0 Å². The first-order valence-electron chi connectivity index (χ1n) is 6.96. The lowest BCUT2D eigenvalue weighted by Crippen LogP contribution is -2.05. The maximum Gasteiger partial charge on any atom is 0.358 e. The number of nitrogens with zero attached hydrogens (tertiary/aromatic N) is 1. The van der Waals surface area contributed by atoms with Gasteiger partial charge in [-0.1, -0.05) is 60.2 Å². The maximum atomic E-state index is 12.0. The fourth-order valence-corrected chi connectivity index (χ4v) is 2.79. The summed E-state index contributed by atoms with van der Waals surface area (Å²) in [4.78, 5) is 16.4. The lowest BCUT2D eigenvalue weighted by molar-refractivity contribution is 0.0467. The summed E-state index contributed by atoms with van der Waals surface area (Å²) in [6.45, 7) is 2.30. The summed E-state index contributed by atoms with van der Waals surface area (Å²) in [5.41, 5.74) is 3.53. The number of carbonyl (C=O) groups excluding carboxylic acids is 1. The Morgan fingerprint density at radius 3 is 2.55 bits per heavy atom. The highest BCUT2D eigenvalue weighted by atomic mass is 32.1. The second-order valence-electron chi connectivity index (χ2n) is 4.97. The number of aromatic nitrogens is 1. The van der Waals surface area contributed by atoms with Crippen LogP contribution in [0.15, 0.2) is 60.0 Å². The van der Waals surface area contributed by atoms with E-state index in [4.69, 9.17) is 4.74 Å². The molecule has 1 heterocycles. The smallest absolute Gasteiger partial charge is 0.358 e. The van der Waals surface area contributed by atoms with E-state index in [1.54, 1.807) is 5.38 Å². The molecule has 0 fully saturated rings. The van der Waals surface area contributed by atoms with Gasteiger partial charge in [-0.2, -0.15) is 0 Å². The van der Waals surface area contributed by atoms with Crippen LogP contribution in [-0.4, -0.2) is 11.0 Å². The molecule has 0 aliphatic rings. The van der Waals surface area contributed by atoms with Gasteiger partial charge < -0.3 is 4.74 Å². The minimum atomic E-state index is -0.390. The molecule has 0 atom stereocenters. The highest BCUT2D eigenvalue weighted by Gasteiger charge is 2.13. The van der Waals surface area contributed by atoms with Crippen molar-refractivity contribution >= 4 is 17.3 Å². The standard InChI is InChI=1S/C18H15NO2S/c1-13-7-9-15(10-8-13)17-19-16(12-22-17)18(20)21-11-14-5-3-2-4-6-14/h2-10,12H,11H2,1H3. The van der Waals surface area contributed by atoms with Gasteiger partial charge in [-0.15, -0.1) is 11.3 Å². The molecule has 3 rings (SSSR count). The van der Waals surface area contributed by atoms with Crippen molar-refractivity contribution in [2.24, 2.45) is 0 Å². The molecule has 0 amide bonds. The first kappa shape index (κ1) is 14.5. The summed E-state index contributed by atoms with van der Waals surface area (Å²) in [6, 6.07) is 17.7. The molecule has 110 valence electrons. The number of hydrogen-bond acceptors (Lipinski definition) is 4. The molecule has 0 radical (unpaired) electrons. The Labute approximate surface area is 133 Å². The van der Waals surface area contributed by atoms with Gasteiger partial charge in [-0.05, 0) is 12.5 Å². The van der Waals surface area contributed by atoms with Crippen molar-refractivity contribution < 1.29 is 9.53 Å². The SMILES string of the molecule is Cc1ccc(-c2nc(C(=O)OCc3ccccc3)cs2)cc1. The number of ether oxygens (including phenoxy) is 1. The largest absolute Gasteiger partial charge is 0.456 e. The van der Waals surface area contributed by atoms with E-state index >= 15 is 0 Å². The van der Waals surface area contributed by atoms with Gasteiger partial charge in [0.2, 0.25) is 0 Å². The van der Waals surface area contributed by atoms with Gasteiger partial charge in [0.05, 0.1) is 0 Å². The fourth-order valence-electron chi connectivity index (χ4n) is 1.99. The number of aryl methyl sites for hydroxylation is 1. The van der Waals surface area contributed by atoms with E-state index < -0.39 is 5.97 Å². The van der Waals surface area contributed by atoms with Crippen molar-refractivity contribution in [1.29, 1.82) is 0 Å². The Kier molecular flexibility index (Phi) is 4.30. The van der Waals surface area contributed by atoms with Gasteiger partial charge in [0.15, 0.2) is 5.69 Å². The predicted octanol–water partition coefficient (Wildman–Crippen LogP) is 4.48. The monoisotopic (exact) mass is 309 g/mol. The normalized spacial score (nSPS) is 10.4. The molecule has 0 saturated carbocycles. The van der Waals surface area contributed by atoms with E-state index in [0.717, 1.165) is 16.1 Å². The first-order chi connectivity index (χ1) is 10.7. The zero-order valence-corrected chi connectivity index (χ0v) is 13.0. The van der Waals surface area contributed by atoms with Crippen LogP contribution < -0.4 is 0 Å². The van der Waals surface area contributed by atoms with E-state index in [-0.39, 0.29) is 6.61 Å². The van der Waals surface area contributed by atoms with Crippen molar-refractivity contribution in [3.05, 3.63) is 76.8 Å². The number of hydrogen-bond donors (Lipinski definition) is 0. The minimum absolute atomic E-state index is 0.261. The Morgan fingerprint density at radius 1 is 1.09 bits per heavy atom.